The van der Waals surface area contributed by atoms with Gasteiger partial charge in [-0.05, 0) is 70.8 Å². The van der Waals surface area contributed by atoms with Crippen LogP contribution in [0.2, 0.25) is 0 Å². The molecule has 4 aromatic carbocycles. The van der Waals surface area contributed by atoms with Gasteiger partial charge >= 0.3 is 6.96 Å². The zero-order valence-electron chi connectivity index (χ0n) is 28.1. The van der Waals surface area contributed by atoms with E-state index in [1.165, 1.54) is 0 Å². The fourth-order valence-corrected chi connectivity index (χ4v) is 4.64. The summed E-state index contributed by atoms with van der Waals surface area (Å²) in [5, 5.41) is 0. The summed E-state index contributed by atoms with van der Waals surface area (Å²) >= 11 is 0. The van der Waals surface area contributed by atoms with Crippen LogP contribution in [-0.2, 0) is 45.0 Å². The summed E-state index contributed by atoms with van der Waals surface area (Å²) < 4.78 is 26.1. The van der Waals surface area contributed by atoms with Gasteiger partial charge in [0.1, 0.15) is 0 Å². The van der Waals surface area contributed by atoms with Gasteiger partial charge in [-0.25, -0.2) is 0 Å². The van der Waals surface area contributed by atoms with Crippen molar-refractivity contribution >= 4 is 29.7 Å². The van der Waals surface area contributed by atoms with Crippen LogP contribution < -0.4 is 19.6 Å². The monoisotopic (exact) mass is 611 g/mol. The highest BCUT2D eigenvalue weighted by molar-refractivity contribution is 6.53. The van der Waals surface area contributed by atoms with Crippen molar-refractivity contribution in [3.05, 3.63) is 119 Å². The molecule has 4 rings (SSSR count). The first kappa shape index (κ1) is 33.9. The minimum Gasteiger partial charge on any atom is -0.515 e. The molecule has 0 unspecified atom stereocenters. The second-order valence-corrected chi connectivity index (χ2v) is 12.1. The molecule has 0 aliphatic heterocycles. The maximum Gasteiger partial charge on any atom is 0.532 e. The van der Waals surface area contributed by atoms with Crippen molar-refractivity contribution in [3.8, 4) is 0 Å². The molecule has 0 aromatic heterocycles. The molecule has 0 atom stereocenters. The van der Waals surface area contributed by atoms with Crippen molar-refractivity contribution < 1.29 is 18.6 Å². The topological polar surface area (TPSA) is 49.9 Å². The lowest BCUT2D eigenvalue weighted by Gasteiger charge is -2.41. The zero-order chi connectivity index (χ0) is 32.4. The lowest BCUT2D eigenvalue weighted by molar-refractivity contribution is -0.0521. The fourth-order valence-electron chi connectivity index (χ4n) is 4.64. The highest BCUT2D eigenvalue weighted by Gasteiger charge is 2.33. The van der Waals surface area contributed by atoms with E-state index in [1.807, 2.05) is 56.4 Å². The lowest BCUT2D eigenvalue weighted by atomic mass is 10.0. The van der Waals surface area contributed by atoms with Crippen LogP contribution in [0.4, 0.5) is 22.7 Å². The Hall–Kier alpha value is -4.02. The van der Waals surface area contributed by atoms with Gasteiger partial charge in [0.05, 0.1) is 0 Å². The van der Waals surface area contributed by atoms with Gasteiger partial charge in [0.15, 0.2) is 0 Å². The number of anilines is 4. The van der Waals surface area contributed by atoms with E-state index in [-0.39, 0.29) is 26.4 Å². The summed E-state index contributed by atoms with van der Waals surface area (Å²) in [4.78, 5) is 8.27. The van der Waals surface area contributed by atoms with Crippen LogP contribution in [0.1, 0.15) is 22.3 Å². The number of nitrogens with zero attached hydrogens (tertiary/aromatic N) is 4. The smallest absolute Gasteiger partial charge is 0.515 e. The first-order chi connectivity index (χ1) is 21.5. The van der Waals surface area contributed by atoms with Crippen LogP contribution in [0, 0.1) is 0 Å². The second kappa shape index (κ2) is 15.8. The summed E-state index contributed by atoms with van der Waals surface area (Å²) in [6.07, 6.45) is 0. The Morgan fingerprint density at radius 3 is 0.667 bits per heavy atom. The first-order valence-corrected chi connectivity index (χ1v) is 15.3. The number of rotatable bonds is 16. The average Bonchev–Trinajstić information content (AvgIpc) is 3.04. The molecular formula is C36H48BN4O4-. The summed E-state index contributed by atoms with van der Waals surface area (Å²) in [6, 6.07) is 33.0. The predicted octanol–water partition coefficient (Wildman–Crippen LogP) is 6.55. The van der Waals surface area contributed by atoms with E-state index in [9.17, 15) is 0 Å². The maximum atomic E-state index is 6.52. The van der Waals surface area contributed by atoms with Gasteiger partial charge < -0.3 is 38.2 Å². The lowest BCUT2D eigenvalue weighted by Crippen LogP contribution is -2.48. The molecule has 0 saturated heterocycles. The molecule has 0 fully saturated rings. The van der Waals surface area contributed by atoms with E-state index in [4.69, 9.17) is 18.6 Å². The van der Waals surface area contributed by atoms with Crippen molar-refractivity contribution in [2.45, 2.75) is 26.4 Å². The Morgan fingerprint density at radius 1 is 0.333 bits per heavy atom. The average molecular weight is 612 g/mol. The Morgan fingerprint density at radius 2 is 0.511 bits per heavy atom. The molecule has 4 aromatic rings. The third-order valence-corrected chi connectivity index (χ3v) is 7.63. The normalized spacial score (nSPS) is 11.4. The van der Waals surface area contributed by atoms with E-state index < -0.39 is 6.96 Å². The summed E-state index contributed by atoms with van der Waals surface area (Å²) in [7, 11) is 16.2. The molecule has 0 saturated carbocycles. The Balaban J connectivity index is 1.61. The minimum absolute atomic E-state index is 0.256. The van der Waals surface area contributed by atoms with Crippen LogP contribution in [0.25, 0.3) is 0 Å². The minimum atomic E-state index is -2.65. The second-order valence-electron chi connectivity index (χ2n) is 12.1. The third kappa shape index (κ3) is 9.99. The van der Waals surface area contributed by atoms with Crippen molar-refractivity contribution in [1.29, 1.82) is 0 Å². The molecule has 0 spiro atoms. The van der Waals surface area contributed by atoms with Crippen LogP contribution in [0.15, 0.2) is 97.1 Å². The Bertz CT molecular complexity index is 1220. The van der Waals surface area contributed by atoms with Gasteiger partial charge in [-0.2, -0.15) is 0 Å². The number of hydrogen-bond donors (Lipinski definition) is 0. The zero-order valence-corrected chi connectivity index (χ0v) is 28.1. The molecular weight excluding hydrogens is 563 g/mol. The highest BCUT2D eigenvalue weighted by Crippen LogP contribution is 2.24. The molecule has 240 valence electrons. The number of benzene rings is 4. The van der Waals surface area contributed by atoms with E-state index >= 15 is 0 Å². The highest BCUT2D eigenvalue weighted by atomic mass is 16.9. The third-order valence-electron chi connectivity index (χ3n) is 7.63. The van der Waals surface area contributed by atoms with Crippen molar-refractivity contribution in [2.75, 3.05) is 76.0 Å². The molecule has 45 heavy (non-hydrogen) atoms. The van der Waals surface area contributed by atoms with E-state index in [0.717, 1.165) is 45.0 Å². The molecule has 8 nitrogen and oxygen atoms in total. The molecule has 9 heteroatoms. The fraction of sp³-hybridized carbons (Fsp3) is 0.333. The van der Waals surface area contributed by atoms with Crippen LogP contribution in [-0.4, -0.2) is 63.3 Å². The van der Waals surface area contributed by atoms with E-state index in [1.54, 1.807) is 0 Å². The van der Waals surface area contributed by atoms with Gasteiger partial charge in [0.25, 0.3) is 0 Å². The van der Waals surface area contributed by atoms with E-state index in [2.05, 4.69) is 117 Å². The van der Waals surface area contributed by atoms with Gasteiger partial charge in [0, 0.05) is 106 Å². The van der Waals surface area contributed by atoms with Gasteiger partial charge in [-0.1, -0.05) is 48.5 Å². The van der Waals surface area contributed by atoms with Gasteiger partial charge in [-0.15, -0.1) is 0 Å². The number of hydrogen-bond acceptors (Lipinski definition) is 8. The van der Waals surface area contributed by atoms with Crippen LogP contribution in [0.5, 0.6) is 0 Å². The Labute approximate surface area is 269 Å². The summed E-state index contributed by atoms with van der Waals surface area (Å²) in [6.45, 7) is -1.62. The van der Waals surface area contributed by atoms with Crippen molar-refractivity contribution in [1.82, 2.24) is 0 Å². The van der Waals surface area contributed by atoms with Gasteiger partial charge in [0.2, 0.25) is 0 Å². The van der Waals surface area contributed by atoms with Crippen molar-refractivity contribution in [3.63, 3.8) is 0 Å². The SMILES string of the molecule is CN(C)c1ccc(CO[B-](OCc2ccc(N(C)C)cc2)(OCc2ccc(N(C)C)cc2)OCc2ccc(N(C)C)cc2)cc1. The molecule has 0 heterocycles. The molecule has 0 N–H and O–H groups in total. The largest absolute Gasteiger partial charge is 0.532 e. The molecule has 0 radical (unpaired) electrons. The summed E-state index contributed by atoms with van der Waals surface area (Å²) in [5.41, 5.74) is 8.41. The van der Waals surface area contributed by atoms with Gasteiger partial charge in [-0.3, -0.25) is 0 Å². The molecule has 0 amide bonds. The molecule has 0 aliphatic carbocycles. The maximum absolute atomic E-state index is 6.52. The van der Waals surface area contributed by atoms with E-state index in [0.29, 0.717) is 0 Å². The standard InChI is InChI=1S/C36H48BN4O4/c1-38(2)33-17-9-29(10-18-33)25-42-37(43-26-30-11-19-34(20-12-30)39(3)4,44-27-31-13-21-35(22-14-31)40(5)6)45-28-32-15-23-36(24-16-32)41(7)8/h9-24H,25-28H2,1-8H3/q-1. The van der Waals surface area contributed by atoms with Crippen LogP contribution in [0.3, 0.4) is 0 Å². The predicted molar refractivity (Wildman–Crippen MR) is 188 cm³/mol. The van der Waals surface area contributed by atoms with Crippen molar-refractivity contribution in [2.24, 2.45) is 0 Å². The molecule has 0 bridgehead atoms. The van der Waals surface area contributed by atoms with Crippen LogP contribution >= 0.6 is 0 Å². The quantitative estimate of drug-likeness (QED) is 0.132. The molecule has 0 aliphatic rings. The first-order valence-electron chi connectivity index (χ1n) is 15.3. The Kier molecular flexibility index (Phi) is 11.9. The summed E-state index contributed by atoms with van der Waals surface area (Å²) in [5.74, 6) is 0.